The molecular weight excluding hydrogens is 224 g/mol. The minimum absolute atomic E-state index is 0.943. The van der Waals surface area contributed by atoms with Crippen LogP contribution in [0.25, 0.3) is 0 Å². The molecule has 0 fully saturated rings. The molecule has 94 valence electrons. The van der Waals surface area contributed by atoms with Crippen LogP contribution in [0.3, 0.4) is 0 Å². The number of aromatic nitrogens is 2. The molecule has 0 saturated heterocycles. The molecule has 18 heavy (non-hydrogen) atoms. The lowest BCUT2D eigenvalue weighted by Gasteiger charge is -2.20. The van der Waals surface area contributed by atoms with Gasteiger partial charge < -0.3 is 14.8 Å². The van der Waals surface area contributed by atoms with Gasteiger partial charge in [-0.25, -0.2) is 4.98 Å². The van der Waals surface area contributed by atoms with Crippen molar-refractivity contribution in [3.05, 3.63) is 42.2 Å². The summed E-state index contributed by atoms with van der Waals surface area (Å²) in [5, 5.41) is 0. The molecule has 0 radical (unpaired) electrons. The number of H-pyrrole nitrogens is 1. The molecule has 1 aliphatic heterocycles. The van der Waals surface area contributed by atoms with Crippen molar-refractivity contribution < 1.29 is 0 Å². The monoisotopic (exact) mass is 242 g/mol. The van der Waals surface area contributed by atoms with Crippen LogP contribution < -0.4 is 9.80 Å². The van der Waals surface area contributed by atoms with E-state index in [0.717, 1.165) is 37.8 Å². The summed E-state index contributed by atoms with van der Waals surface area (Å²) >= 11 is 0. The van der Waals surface area contributed by atoms with Gasteiger partial charge in [0, 0.05) is 13.1 Å². The van der Waals surface area contributed by atoms with Crippen molar-refractivity contribution >= 4 is 11.6 Å². The van der Waals surface area contributed by atoms with Crippen LogP contribution in [0, 0.1) is 0 Å². The van der Waals surface area contributed by atoms with Crippen LogP contribution in [-0.4, -0.2) is 29.7 Å². The quantitative estimate of drug-likeness (QED) is 0.893. The lowest BCUT2D eigenvalue weighted by molar-refractivity contribution is 0.757. The van der Waals surface area contributed by atoms with Crippen LogP contribution in [0.15, 0.2) is 36.7 Å². The minimum atomic E-state index is 0.943. The number of benzene rings is 1. The van der Waals surface area contributed by atoms with E-state index >= 15 is 0 Å². The third-order valence-corrected chi connectivity index (χ3v) is 3.45. The Morgan fingerprint density at radius 3 is 2.83 bits per heavy atom. The minimum Gasteiger partial charge on any atom is -0.338 e. The molecule has 0 aliphatic carbocycles. The average molecular weight is 242 g/mol. The Labute approximate surface area is 107 Å². The Bertz CT molecular complexity index is 506. The number of aromatic amines is 1. The predicted octanol–water partition coefficient (Wildman–Crippen LogP) is 2.26. The third-order valence-electron chi connectivity index (χ3n) is 3.45. The summed E-state index contributed by atoms with van der Waals surface area (Å²) in [6.45, 7) is 5.14. The predicted molar refractivity (Wildman–Crippen MR) is 74.0 cm³/mol. The molecule has 0 spiro atoms. The first kappa shape index (κ1) is 11.1. The summed E-state index contributed by atoms with van der Waals surface area (Å²) in [7, 11) is 0. The summed E-state index contributed by atoms with van der Waals surface area (Å²) in [5.74, 6) is 2.25. The van der Waals surface area contributed by atoms with E-state index in [2.05, 4.69) is 57.0 Å². The van der Waals surface area contributed by atoms with Crippen LogP contribution in [0.2, 0.25) is 0 Å². The van der Waals surface area contributed by atoms with Gasteiger partial charge in [0.2, 0.25) is 0 Å². The SMILES string of the molecule is CCN1CN(CCc2ccccc2)c2nc[nH]c21. The van der Waals surface area contributed by atoms with Gasteiger partial charge in [0.05, 0.1) is 13.0 Å². The molecule has 0 atom stereocenters. The van der Waals surface area contributed by atoms with Crippen molar-refractivity contribution in [3.63, 3.8) is 0 Å². The van der Waals surface area contributed by atoms with Gasteiger partial charge in [0.1, 0.15) is 0 Å². The first-order chi connectivity index (χ1) is 8.88. The van der Waals surface area contributed by atoms with Gasteiger partial charge in [-0.1, -0.05) is 30.3 Å². The zero-order valence-electron chi connectivity index (χ0n) is 10.6. The molecule has 0 bridgehead atoms. The highest BCUT2D eigenvalue weighted by molar-refractivity contribution is 5.68. The maximum absolute atomic E-state index is 4.42. The summed E-state index contributed by atoms with van der Waals surface area (Å²) in [4.78, 5) is 12.3. The molecule has 0 amide bonds. The molecule has 2 aromatic rings. The molecule has 1 aromatic heterocycles. The van der Waals surface area contributed by atoms with Crippen molar-refractivity contribution in [3.8, 4) is 0 Å². The highest BCUT2D eigenvalue weighted by Crippen LogP contribution is 2.31. The largest absolute Gasteiger partial charge is 0.338 e. The average Bonchev–Trinajstić information content (AvgIpc) is 3.00. The maximum Gasteiger partial charge on any atom is 0.172 e. The highest BCUT2D eigenvalue weighted by atomic mass is 15.4. The standard InChI is InChI=1S/C14H18N4/c1-2-17-11-18(14-13(17)15-10-16-14)9-8-12-6-4-3-5-7-12/h3-7,10H,2,8-9,11H2,1H3,(H,15,16). The zero-order valence-corrected chi connectivity index (χ0v) is 10.6. The van der Waals surface area contributed by atoms with Gasteiger partial charge in [-0.15, -0.1) is 0 Å². The van der Waals surface area contributed by atoms with Gasteiger partial charge in [0.25, 0.3) is 0 Å². The van der Waals surface area contributed by atoms with E-state index in [1.54, 1.807) is 6.33 Å². The molecule has 0 saturated carbocycles. The van der Waals surface area contributed by atoms with E-state index in [1.165, 1.54) is 5.56 Å². The van der Waals surface area contributed by atoms with Gasteiger partial charge in [-0.2, -0.15) is 0 Å². The van der Waals surface area contributed by atoms with E-state index in [-0.39, 0.29) is 0 Å². The summed E-state index contributed by atoms with van der Waals surface area (Å²) in [6, 6.07) is 10.6. The van der Waals surface area contributed by atoms with Crippen molar-refractivity contribution in [2.24, 2.45) is 0 Å². The first-order valence-electron chi connectivity index (χ1n) is 6.45. The number of imidazole rings is 1. The molecule has 3 rings (SSSR count). The molecule has 1 N–H and O–H groups in total. The Balaban J connectivity index is 1.69. The lowest BCUT2D eigenvalue weighted by atomic mass is 10.1. The summed E-state index contributed by atoms with van der Waals surface area (Å²) in [5.41, 5.74) is 1.38. The fourth-order valence-corrected chi connectivity index (χ4v) is 2.43. The first-order valence-corrected chi connectivity index (χ1v) is 6.45. The summed E-state index contributed by atoms with van der Waals surface area (Å²) in [6.07, 6.45) is 2.84. The Kier molecular flexibility index (Phi) is 2.92. The highest BCUT2D eigenvalue weighted by Gasteiger charge is 2.26. The van der Waals surface area contributed by atoms with Gasteiger partial charge in [-0.05, 0) is 18.9 Å². The fraction of sp³-hybridized carbons (Fsp3) is 0.357. The smallest absolute Gasteiger partial charge is 0.172 e. The van der Waals surface area contributed by atoms with Crippen LogP contribution in [0.1, 0.15) is 12.5 Å². The number of hydrogen-bond donors (Lipinski definition) is 1. The van der Waals surface area contributed by atoms with Gasteiger partial charge in [0.15, 0.2) is 11.6 Å². The summed E-state index contributed by atoms with van der Waals surface area (Å²) < 4.78 is 0. The van der Waals surface area contributed by atoms with Crippen molar-refractivity contribution in [1.82, 2.24) is 9.97 Å². The van der Waals surface area contributed by atoms with E-state index < -0.39 is 0 Å². The van der Waals surface area contributed by atoms with E-state index in [1.807, 2.05) is 0 Å². The van der Waals surface area contributed by atoms with Crippen molar-refractivity contribution in [2.75, 3.05) is 29.6 Å². The second kappa shape index (κ2) is 4.72. The van der Waals surface area contributed by atoms with E-state index in [9.17, 15) is 0 Å². The second-order valence-corrected chi connectivity index (χ2v) is 4.57. The molecule has 0 unspecified atom stereocenters. The zero-order chi connectivity index (χ0) is 12.4. The Hall–Kier alpha value is -1.97. The van der Waals surface area contributed by atoms with Crippen molar-refractivity contribution in [1.29, 1.82) is 0 Å². The lowest BCUT2D eigenvalue weighted by Crippen LogP contribution is -2.32. The Morgan fingerprint density at radius 1 is 1.22 bits per heavy atom. The van der Waals surface area contributed by atoms with Crippen LogP contribution in [-0.2, 0) is 6.42 Å². The second-order valence-electron chi connectivity index (χ2n) is 4.57. The van der Waals surface area contributed by atoms with Crippen molar-refractivity contribution in [2.45, 2.75) is 13.3 Å². The van der Waals surface area contributed by atoms with E-state index in [4.69, 9.17) is 0 Å². The van der Waals surface area contributed by atoms with E-state index in [0.29, 0.717) is 0 Å². The third kappa shape index (κ3) is 1.94. The number of fused-ring (bicyclic) bond motifs is 1. The number of hydrogen-bond acceptors (Lipinski definition) is 3. The van der Waals surface area contributed by atoms with Crippen LogP contribution >= 0.6 is 0 Å². The normalized spacial score (nSPS) is 14.1. The maximum atomic E-state index is 4.42. The van der Waals surface area contributed by atoms with Gasteiger partial charge in [-0.3, -0.25) is 0 Å². The number of anilines is 2. The van der Waals surface area contributed by atoms with Gasteiger partial charge >= 0.3 is 0 Å². The molecular formula is C14H18N4. The number of rotatable bonds is 4. The fourth-order valence-electron chi connectivity index (χ4n) is 2.43. The molecule has 2 heterocycles. The molecule has 1 aromatic carbocycles. The number of nitrogens with one attached hydrogen (secondary N) is 1. The Morgan fingerprint density at radius 2 is 2.06 bits per heavy atom. The van der Waals surface area contributed by atoms with Crippen LogP contribution in [0.4, 0.5) is 11.6 Å². The molecule has 1 aliphatic rings. The molecule has 4 nitrogen and oxygen atoms in total. The van der Waals surface area contributed by atoms with Crippen LogP contribution in [0.5, 0.6) is 0 Å². The molecule has 4 heteroatoms. The topological polar surface area (TPSA) is 35.2 Å². The number of nitrogens with zero attached hydrogens (tertiary/aromatic N) is 3.